The predicted octanol–water partition coefficient (Wildman–Crippen LogP) is 4.98. The van der Waals surface area contributed by atoms with Crippen LogP contribution in [0.5, 0.6) is 5.75 Å². The van der Waals surface area contributed by atoms with E-state index in [0.717, 1.165) is 32.1 Å². The molecule has 1 aromatic carbocycles. The van der Waals surface area contributed by atoms with Crippen LogP contribution in [0.1, 0.15) is 49.4 Å². The van der Waals surface area contributed by atoms with Crippen LogP contribution < -0.4 is 4.74 Å². The van der Waals surface area contributed by atoms with Crippen LogP contribution in [0.4, 0.5) is 13.2 Å². The Bertz CT molecular complexity index is 479. The molecule has 1 fully saturated rings. The molecule has 0 N–H and O–H groups in total. The molecule has 1 saturated carbocycles. The molecule has 2 rings (SSSR count). The Morgan fingerprint density at radius 1 is 1.19 bits per heavy atom. The van der Waals surface area contributed by atoms with Crippen molar-refractivity contribution in [2.75, 3.05) is 0 Å². The van der Waals surface area contributed by atoms with Crippen molar-refractivity contribution in [3.63, 3.8) is 0 Å². The molecule has 21 heavy (non-hydrogen) atoms. The van der Waals surface area contributed by atoms with Crippen molar-refractivity contribution in [3.05, 3.63) is 29.8 Å². The Morgan fingerprint density at radius 3 is 2.38 bits per heavy atom. The molecule has 0 heterocycles. The Morgan fingerprint density at radius 2 is 1.81 bits per heavy atom. The van der Waals surface area contributed by atoms with Gasteiger partial charge in [0.15, 0.2) is 5.78 Å². The number of hydrogen-bond acceptors (Lipinski definition) is 2. The van der Waals surface area contributed by atoms with Gasteiger partial charge in [-0.15, -0.1) is 13.2 Å². The molecular formula is C16H19F3O2. The van der Waals surface area contributed by atoms with E-state index in [2.05, 4.69) is 11.7 Å². The third-order valence-electron chi connectivity index (χ3n) is 4.14. The molecule has 0 saturated heterocycles. The quantitative estimate of drug-likeness (QED) is 0.733. The number of ether oxygens (including phenoxy) is 1. The first-order valence-corrected chi connectivity index (χ1v) is 7.30. The average Bonchev–Trinajstić information content (AvgIpc) is 2.45. The van der Waals surface area contributed by atoms with Crippen molar-refractivity contribution >= 4 is 5.78 Å². The van der Waals surface area contributed by atoms with Gasteiger partial charge >= 0.3 is 6.36 Å². The van der Waals surface area contributed by atoms with E-state index in [4.69, 9.17) is 0 Å². The van der Waals surface area contributed by atoms with Gasteiger partial charge in [-0.2, -0.15) is 0 Å². The normalized spacial score (nSPS) is 22.9. The highest BCUT2D eigenvalue weighted by Crippen LogP contribution is 2.35. The van der Waals surface area contributed by atoms with Gasteiger partial charge < -0.3 is 4.74 Å². The molecule has 0 aliphatic heterocycles. The van der Waals surface area contributed by atoms with Gasteiger partial charge in [0.05, 0.1) is 0 Å². The third-order valence-corrected chi connectivity index (χ3v) is 4.14. The predicted molar refractivity (Wildman–Crippen MR) is 73.2 cm³/mol. The lowest BCUT2D eigenvalue weighted by molar-refractivity contribution is -0.274. The zero-order chi connectivity index (χ0) is 15.5. The van der Waals surface area contributed by atoms with E-state index in [1.165, 1.54) is 24.3 Å². The lowest BCUT2D eigenvalue weighted by atomic mass is 9.74. The molecule has 2 atom stereocenters. The van der Waals surface area contributed by atoms with Crippen LogP contribution in [0.2, 0.25) is 0 Å². The standard InChI is InChI=1S/C16H19F3O2/c1-2-11-5-3-4-6-14(11)15(20)12-7-9-13(10-8-12)21-16(17,18)19/h7-11,14H,2-6H2,1H3. The lowest BCUT2D eigenvalue weighted by Gasteiger charge is -2.29. The second-order valence-corrected chi connectivity index (χ2v) is 5.50. The third kappa shape index (κ3) is 4.22. The summed E-state index contributed by atoms with van der Waals surface area (Å²) in [5.74, 6) is 0.130. The van der Waals surface area contributed by atoms with Crippen molar-refractivity contribution < 1.29 is 22.7 Å². The number of hydrogen-bond donors (Lipinski definition) is 0. The van der Waals surface area contributed by atoms with Crippen LogP contribution in [0, 0.1) is 11.8 Å². The first kappa shape index (κ1) is 15.9. The number of Topliss-reactive ketones (excluding diaryl/α,β-unsaturated/α-hetero) is 1. The van der Waals surface area contributed by atoms with Crippen LogP contribution in [-0.2, 0) is 0 Å². The number of alkyl halides is 3. The van der Waals surface area contributed by atoms with E-state index in [9.17, 15) is 18.0 Å². The summed E-state index contributed by atoms with van der Waals surface area (Å²) < 4.78 is 40.1. The van der Waals surface area contributed by atoms with Crippen LogP contribution in [0.25, 0.3) is 0 Å². The van der Waals surface area contributed by atoms with E-state index >= 15 is 0 Å². The fourth-order valence-corrected chi connectivity index (χ4v) is 3.08. The summed E-state index contributed by atoms with van der Waals surface area (Å²) in [5, 5.41) is 0. The van der Waals surface area contributed by atoms with Gasteiger partial charge in [-0.3, -0.25) is 4.79 Å². The second kappa shape index (κ2) is 6.50. The van der Waals surface area contributed by atoms with Crippen molar-refractivity contribution in [1.82, 2.24) is 0 Å². The number of rotatable bonds is 4. The smallest absolute Gasteiger partial charge is 0.406 e. The van der Waals surface area contributed by atoms with Crippen molar-refractivity contribution in [2.24, 2.45) is 11.8 Å². The van der Waals surface area contributed by atoms with Gasteiger partial charge in [0.2, 0.25) is 0 Å². The Balaban J connectivity index is 2.08. The van der Waals surface area contributed by atoms with Crippen molar-refractivity contribution in [2.45, 2.75) is 45.4 Å². The van der Waals surface area contributed by atoms with Gasteiger partial charge in [0, 0.05) is 11.5 Å². The number of carbonyl (C=O) groups is 1. The van der Waals surface area contributed by atoms with Crippen molar-refractivity contribution in [1.29, 1.82) is 0 Å². The van der Waals surface area contributed by atoms with Gasteiger partial charge in [-0.25, -0.2) is 0 Å². The van der Waals surface area contributed by atoms with Crippen molar-refractivity contribution in [3.8, 4) is 5.75 Å². The summed E-state index contributed by atoms with van der Waals surface area (Å²) in [5.41, 5.74) is 0.467. The van der Waals surface area contributed by atoms with Crippen LogP contribution in [0.3, 0.4) is 0 Å². The Labute approximate surface area is 122 Å². The highest BCUT2D eigenvalue weighted by molar-refractivity contribution is 5.98. The summed E-state index contributed by atoms with van der Waals surface area (Å²) >= 11 is 0. The Hall–Kier alpha value is -1.52. The molecule has 0 bridgehead atoms. The highest BCUT2D eigenvalue weighted by Gasteiger charge is 2.32. The van der Waals surface area contributed by atoms with Crippen LogP contribution >= 0.6 is 0 Å². The van der Waals surface area contributed by atoms with Crippen LogP contribution in [-0.4, -0.2) is 12.1 Å². The molecule has 116 valence electrons. The monoisotopic (exact) mass is 300 g/mol. The molecular weight excluding hydrogens is 281 g/mol. The fraction of sp³-hybridized carbons (Fsp3) is 0.562. The molecule has 1 aliphatic rings. The SMILES string of the molecule is CCC1CCCCC1C(=O)c1ccc(OC(F)(F)F)cc1. The molecule has 1 aromatic rings. The summed E-state index contributed by atoms with van der Waals surface area (Å²) in [7, 11) is 0. The first-order chi connectivity index (χ1) is 9.90. The van der Waals surface area contributed by atoms with Gasteiger partial charge in [-0.1, -0.05) is 26.2 Å². The molecule has 2 unspecified atom stereocenters. The van der Waals surface area contributed by atoms with E-state index in [-0.39, 0.29) is 17.5 Å². The zero-order valence-electron chi connectivity index (χ0n) is 12.0. The molecule has 0 aromatic heterocycles. The number of carbonyl (C=O) groups excluding carboxylic acids is 1. The Kier molecular flexibility index (Phi) is 4.91. The second-order valence-electron chi connectivity index (χ2n) is 5.50. The largest absolute Gasteiger partial charge is 0.573 e. The molecule has 0 radical (unpaired) electrons. The maximum atomic E-state index is 12.5. The average molecular weight is 300 g/mol. The highest BCUT2D eigenvalue weighted by atomic mass is 19.4. The fourth-order valence-electron chi connectivity index (χ4n) is 3.08. The molecule has 2 nitrogen and oxygen atoms in total. The minimum Gasteiger partial charge on any atom is -0.406 e. The first-order valence-electron chi connectivity index (χ1n) is 7.30. The molecule has 5 heteroatoms. The summed E-state index contributed by atoms with van der Waals surface area (Å²) in [6.07, 6.45) is 0.386. The molecule has 0 amide bonds. The maximum Gasteiger partial charge on any atom is 0.573 e. The minimum absolute atomic E-state index is 0.00173. The lowest BCUT2D eigenvalue weighted by Crippen LogP contribution is -2.27. The van der Waals surface area contributed by atoms with E-state index in [0.29, 0.717) is 11.5 Å². The van der Waals surface area contributed by atoms with E-state index in [1.54, 1.807) is 0 Å². The summed E-state index contributed by atoms with van der Waals surface area (Å²) in [6, 6.07) is 5.24. The molecule has 0 spiro atoms. The minimum atomic E-state index is -4.71. The number of halogens is 3. The van der Waals surface area contributed by atoms with E-state index in [1.807, 2.05) is 0 Å². The van der Waals surface area contributed by atoms with Gasteiger partial charge in [0.25, 0.3) is 0 Å². The number of ketones is 1. The van der Waals surface area contributed by atoms with E-state index < -0.39 is 6.36 Å². The maximum absolute atomic E-state index is 12.5. The zero-order valence-corrected chi connectivity index (χ0v) is 12.0. The summed E-state index contributed by atoms with van der Waals surface area (Å²) in [6.45, 7) is 2.08. The molecule has 1 aliphatic carbocycles. The van der Waals surface area contributed by atoms with Crippen LogP contribution in [0.15, 0.2) is 24.3 Å². The van der Waals surface area contributed by atoms with Gasteiger partial charge in [0.1, 0.15) is 5.75 Å². The van der Waals surface area contributed by atoms with Gasteiger partial charge in [-0.05, 0) is 43.0 Å². The topological polar surface area (TPSA) is 26.3 Å². The number of benzene rings is 1. The summed E-state index contributed by atoms with van der Waals surface area (Å²) in [4.78, 5) is 12.5.